The van der Waals surface area contributed by atoms with E-state index in [4.69, 9.17) is 4.74 Å². The van der Waals surface area contributed by atoms with E-state index in [9.17, 15) is 14.6 Å². The Morgan fingerprint density at radius 3 is 2.69 bits per heavy atom. The minimum atomic E-state index is -1.05. The van der Waals surface area contributed by atoms with Gasteiger partial charge in [0.2, 0.25) is 0 Å². The summed E-state index contributed by atoms with van der Waals surface area (Å²) in [5.74, 6) is 0.0214. The van der Waals surface area contributed by atoms with Crippen molar-refractivity contribution in [2.75, 3.05) is 12.9 Å². The van der Waals surface area contributed by atoms with Gasteiger partial charge in [0.05, 0.1) is 13.2 Å². The second kappa shape index (κ2) is 6.08. The summed E-state index contributed by atoms with van der Waals surface area (Å²) in [5.41, 5.74) is 0.424. The molecule has 0 saturated heterocycles. The van der Waals surface area contributed by atoms with Gasteiger partial charge in [-0.2, -0.15) is 12.6 Å². The molecule has 0 aliphatic carbocycles. The molecule has 1 rings (SSSR count). The smallest absolute Gasteiger partial charge is 0.165 e. The van der Waals surface area contributed by atoms with Crippen LogP contribution in [0.2, 0.25) is 0 Å². The van der Waals surface area contributed by atoms with Crippen LogP contribution in [0.3, 0.4) is 0 Å². The summed E-state index contributed by atoms with van der Waals surface area (Å²) >= 11 is 3.97. The fraction of sp³-hybridized carbons (Fsp3) is 0.455. The Bertz CT molecular complexity index is 346. The predicted molar refractivity (Wildman–Crippen MR) is 62.4 cm³/mol. The van der Waals surface area contributed by atoms with Gasteiger partial charge in [-0.15, -0.1) is 0 Å². The Morgan fingerprint density at radius 2 is 2.12 bits per heavy atom. The lowest BCUT2D eigenvalue weighted by Gasteiger charge is -2.18. The lowest BCUT2D eigenvalue weighted by Crippen LogP contribution is -2.18. The highest BCUT2D eigenvalue weighted by molar-refractivity contribution is 7.80. The Hall–Kier alpha value is -0.780. The second-order valence-electron chi connectivity index (χ2n) is 3.42. The van der Waals surface area contributed by atoms with E-state index in [1.54, 1.807) is 0 Å². The molecule has 0 bridgehead atoms. The molecule has 5 heteroatoms. The van der Waals surface area contributed by atoms with Crippen LogP contribution in [0.4, 0.5) is 4.39 Å². The highest BCUT2D eigenvalue weighted by Crippen LogP contribution is 2.25. The first kappa shape index (κ1) is 13.3. The number of hydrogen-bond acceptors (Lipinski definition) is 4. The Kier molecular flexibility index (Phi) is 5.05. The van der Waals surface area contributed by atoms with Crippen LogP contribution in [0.5, 0.6) is 5.75 Å². The van der Waals surface area contributed by atoms with Gasteiger partial charge in [-0.05, 0) is 29.9 Å². The quantitative estimate of drug-likeness (QED) is 0.691. The second-order valence-corrected chi connectivity index (χ2v) is 3.87. The molecule has 1 aromatic rings. The minimum Gasteiger partial charge on any atom is -0.494 e. The number of thiol groups is 1. The van der Waals surface area contributed by atoms with Crippen molar-refractivity contribution in [3.63, 3.8) is 0 Å². The van der Waals surface area contributed by atoms with Gasteiger partial charge in [0, 0.05) is 0 Å². The summed E-state index contributed by atoms with van der Waals surface area (Å²) in [6.45, 7) is 0. The summed E-state index contributed by atoms with van der Waals surface area (Å²) in [7, 11) is 1.35. The Labute approximate surface area is 99.3 Å². The maximum absolute atomic E-state index is 13.1. The third kappa shape index (κ3) is 3.10. The molecule has 3 nitrogen and oxygen atoms in total. The number of aliphatic hydroxyl groups is 2. The van der Waals surface area contributed by atoms with Crippen molar-refractivity contribution in [3.05, 3.63) is 29.6 Å². The predicted octanol–water partition coefficient (Wildman–Crippen LogP) is 1.55. The van der Waals surface area contributed by atoms with Gasteiger partial charge in [0.1, 0.15) is 6.10 Å². The van der Waals surface area contributed by atoms with Crippen molar-refractivity contribution < 1.29 is 19.3 Å². The van der Waals surface area contributed by atoms with Crippen molar-refractivity contribution in [2.24, 2.45) is 0 Å². The summed E-state index contributed by atoms with van der Waals surface area (Å²) in [6, 6.07) is 4.00. The van der Waals surface area contributed by atoms with Crippen LogP contribution in [0.25, 0.3) is 0 Å². The van der Waals surface area contributed by atoms with Crippen molar-refractivity contribution >= 4 is 12.6 Å². The zero-order valence-corrected chi connectivity index (χ0v) is 9.82. The molecule has 0 amide bonds. The monoisotopic (exact) mass is 246 g/mol. The van der Waals surface area contributed by atoms with E-state index in [0.29, 0.717) is 17.7 Å². The molecule has 0 spiro atoms. The van der Waals surface area contributed by atoms with E-state index >= 15 is 0 Å². The number of hydrogen-bond donors (Lipinski definition) is 3. The molecular weight excluding hydrogens is 231 g/mol. The van der Waals surface area contributed by atoms with Crippen molar-refractivity contribution in [3.8, 4) is 5.75 Å². The van der Waals surface area contributed by atoms with Crippen molar-refractivity contribution in [2.45, 2.75) is 18.6 Å². The summed E-state index contributed by atoms with van der Waals surface area (Å²) < 4.78 is 17.9. The molecule has 16 heavy (non-hydrogen) atoms. The van der Waals surface area contributed by atoms with Crippen molar-refractivity contribution in [1.29, 1.82) is 0 Å². The van der Waals surface area contributed by atoms with E-state index in [-0.39, 0.29) is 5.75 Å². The highest BCUT2D eigenvalue weighted by Gasteiger charge is 2.18. The number of ether oxygens (including phenoxy) is 1. The summed E-state index contributed by atoms with van der Waals surface area (Å²) in [4.78, 5) is 0. The molecule has 1 aromatic carbocycles. The maximum atomic E-state index is 13.1. The van der Waals surface area contributed by atoms with Gasteiger partial charge in [-0.25, -0.2) is 4.39 Å². The Balaban J connectivity index is 2.87. The third-order valence-electron chi connectivity index (χ3n) is 2.31. The summed E-state index contributed by atoms with van der Waals surface area (Å²) in [5, 5.41) is 19.3. The molecule has 2 unspecified atom stereocenters. The summed E-state index contributed by atoms with van der Waals surface area (Å²) in [6.07, 6.45) is -1.60. The van der Waals surface area contributed by atoms with Gasteiger partial charge in [0.25, 0.3) is 0 Å². The lowest BCUT2D eigenvalue weighted by molar-refractivity contribution is 0.0171. The van der Waals surface area contributed by atoms with Crippen LogP contribution in [-0.2, 0) is 0 Å². The van der Waals surface area contributed by atoms with Gasteiger partial charge in [-0.3, -0.25) is 0 Å². The van der Waals surface area contributed by atoms with Gasteiger partial charge in [0.15, 0.2) is 11.6 Å². The standard InChI is InChI=1S/C11H15FO3S/c1-15-10-6-7(2-3-8(10)12)11(14)9(13)4-5-16/h2-3,6,9,11,13-14,16H,4-5H2,1H3. The molecule has 0 fully saturated rings. The number of halogens is 1. The van der Waals surface area contributed by atoms with Gasteiger partial charge >= 0.3 is 0 Å². The minimum absolute atomic E-state index is 0.0506. The Morgan fingerprint density at radius 1 is 1.44 bits per heavy atom. The zero-order chi connectivity index (χ0) is 12.1. The van der Waals surface area contributed by atoms with Crippen LogP contribution in [-0.4, -0.2) is 29.2 Å². The number of aliphatic hydroxyl groups excluding tert-OH is 2. The van der Waals surface area contributed by atoms with Gasteiger partial charge < -0.3 is 14.9 Å². The van der Waals surface area contributed by atoms with Crippen LogP contribution in [0.1, 0.15) is 18.1 Å². The lowest BCUT2D eigenvalue weighted by atomic mass is 10.0. The largest absolute Gasteiger partial charge is 0.494 e. The van der Waals surface area contributed by atoms with E-state index in [0.717, 1.165) is 0 Å². The van der Waals surface area contributed by atoms with E-state index < -0.39 is 18.0 Å². The number of methoxy groups -OCH3 is 1. The van der Waals surface area contributed by atoms with Crippen LogP contribution < -0.4 is 4.74 Å². The zero-order valence-electron chi connectivity index (χ0n) is 8.93. The SMILES string of the molecule is COc1cc(C(O)C(O)CCS)ccc1F. The van der Waals surface area contributed by atoms with E-state index in [1.807, 2.05) is 0 Å². The molecule has 0 saturated carbocycles. The molecule has 0 heterocycles. The van der Waals surface area contributed by atoms with Crippen LogP contribution in [0, 0.1) is 5.82 Å². The average molecular weight is 246 g/mol. The fourth-order valence-electron chi connectivity index (χ4n) is 1.37. The molecule has 0 aliphatic heterocycles. The molecule has 0 radical (unpaired) electrons. The highest BCUT2D eigenvalue weighted by atomic mass is 32.1. The van der Waals surface area contributed by atoms with E-state index in [1.165, 1.54) is 25.3 Å². The van der Waals surface area contributed by atoms with Crippen molar-refractivity contribution in [1.82, 2.24) is 0 Å². The molecule has 0 aromatic heterocycles. The van der Waals surface area contributed by atoms with Crippen LogP contribution >= 0.6 is 12.6 Å². The van der Waals surface area contributed by atoms with Crippen LogP contribution in [0.15, 0.2) is 18.2 Å². The molecule has 2 N–H and O–H groups in total. The maximum Gasteiger partial charge on any atom is 0.165 e. The fourth-order valence-corrected chi connectivity index (χ4v) is 1.64. The third-order valence-corrected chi connectivity index (χ3v) is 2.56. The normalized spacial score (nSPS) is 14.6. The average Bonchev–Trinajstić information content (AvgIpc) is 2.29. The van der Waals surface area contributed by atoms with Gasteiger partial charge in [-0.1, -0.05) is 6.07 Å². The number of benzene rings is 1. The first-order chi connectivity index (χ1) is 7.60. The molecule has 90 valence electrons. The molecular formula is C11H15FO3S. The number of rotatable bonds is 5. The topological polar surface area (TPSA) is 49.7 Å². The van der Waals surface area contributed by atoms with E-state index in [2.05, 4.69) is 12.6 Å². The first-order valence-corrected chi connectivity index (χ1v) is 5.53. The first-order valence-electron chi connectivity index (χ1n) is 4.90. The molecule has 2 atom stereocenters. The molecule has 0 aliphatic rings.